The summed E-state index contributed by atoms with van der Waals surface area (Å²) in [7, 11) is 4.59. The van der Waals surface area contributed by atoms with Crippen molar-refractivity contribution in [1.29, 1.82) is 0 Å². The highest BCUT2D eigenvalue weighted by Gasteiger charge is 2.12. The fraction of sp³-hybridized carbons (Fsp3) is 0.130. The van der Waals surface area contributed by atoms with Gasteiger partial charge in [0.25, 0.3) is 0 Å². The number of pyridine rings is 1. The Balaban J connectivity index is 1.62. The largest absolute Gasteiger partial charge is 0.497 e. The van der Waals surface area contributed by atoms with Gasteiger partial charge < -0.3 is 14.2 Å². The number of carbonyl (C=O) groups is 1. The Labute approximate surface area is 179 Å². The number of methoxy groups -OCH3 is 3. The van der Waals surface area contributed by atoms with Gasteiger partial charge in [0, 0.05) is 17.3 Å². The molecule has 2 heterocycles. The van der Waals surface area contributed by atoms with Gasteiger partial charge in [0.15, 0.2) is 0 Å². The van der Waals surface area contributed by atoms with Gasteiger partial charge in [0.2, 0.25) is 0 Å². The van der Waals surface area contributed by atoms with E-state index < -0.39 is 5.97 Å². The smallest absolute Gasteiger partial charge is 0.356 e. The van der Waals surface area contributed by atoms with Gasteiger partial charge in [-0.05, 0) is 48.0 Å². The molecule has 0 bridgehead atoms. The van der Waals surface area contributed by atoms with Gasteiger partial charge >= 0.3 is 5.97 Å². The standard InChI is InChI=1S/C23H20N4O4/c1-29-18-8-9-22(30-2)19(13-18)15-4-6-17(7-5-15)27-14-21(25-26-27)16-10-11-24-20(12-16)23(28)31-3/h4-14H,1-3H3. The summed E-state index contributed by atoms with van der Waals surface area (Å²) in [6.07, 6.45) is 3.33. The average Bonchev–Trinajstić information content (AvgIpc) is 3.33. The van der Waals surface area contributed by atoms with E-state index in [1.54, 1.807) is 37.2 Å². The van der Waals surface area contributed by atoms with Gasteiger partial charge in [0.05, 0.1) is 33.2 Å². The van der Waals surface area contributed by atoms with Crippen LogP contribution in [0.1, 0.15) is 10.5 Å². The predicted molar refractivity (Wildman–Crippen MR) is 114 cm³/mol. The second-order valence-corrected chi connectivity index (χ2v) is 6.58. The SMILES string of the molecule is COC(=O)c1cc(-c2cn(-c3ccc(-c4cc(OC)ccc4OC)cc3)nn2)ccn1. The Morgan fingerprint density at radius 3 is 2.42 bits per heavy atom. The molecule has 4 rings (SSSR count). The second-order valence-electron chi connectivity index (χ2n) is 6.58. The molecule has 31 heavy (non-hydrogen) atoms. The third-order valence-corrected chi connectivity index (χ3v) is 4.79. The third-order valence-electron chi connectivity index (χ3n) is 4.79. The number of aromatic nitrogens is 4. The third kappa shape index (κ3) is 4.09. The normalized spacial score (nSPS) is 10.5. The van der Waals surface area contributed by atoms with Crippen LogP contribution < -0.4 is 9.47 Å². The van der Waals surface area contributed by atoms with Gasteiger partial charge in [-0.2, -0.15) is 0 Å². The molecule has 0 amide bonds. The molecular formula is C23H20N4O4. The van der Waals surface area contributed by atoms with Crippen molar-refractivity contribution in [3.8, 4) is 39.6 Å². The lowest BCUT2D eigenvalue weighted by Gasteiger charge is -2.11. The van der Waals surface area contributed by atoms with Crippen LogP contribution in [0.5, 0.6) is 11.5 Å². The van der Waals surface area contributed by atoms with Crippen molar-refractivity contribution in [2.75, 3.05) is 21.3 Å². The van der Waals surface area contributed by atoms with Gasteiger partial charge in [-0.1, -0.05) is 17.3 Å². The maximum absolute atomic E-state index is 11.7. The van der Waals surface area contributed by atoms with E-state index in [4.69, 9.17) is 14.2 Å². The highest BCUT2D eigenvalue weighted by atomic mass is 16.5. The van der Waals surface area contributed by atoms with E-state index in [-0.39, 0.29) is 5.69 Å². The summed E-state index contributed by atoms with van der Waals surface area (Å²) in [6, 6.07) is 16.9. The minimum atomic E-state index is -0.502. The number of hydrogen-bond acceptors (Lipinski definition) is 7. The molecule has 8 heteroatoms. The molecule has 0 saturated carbocycles. The first-order valence-corrected chi connectivity index (χ1v) is 9.43. The number of benzene rings is 2. The number of ether oxygens (including phenoxy) is 3. The van der Waals surface area contributed by atoms with Crippen molar-refractivity contribution in [1.82, 2.24) is 20.0 Å². The lowest BCUT2D eigenvalue weighted by Crippen LogP contribution is -2.03. The van der Waals surface area contributed by atoms with E-state index in [0.29, 0.717) is 5.69 Å². The summed E-state index contributed by atoms with van der Waals surface area (Å²) < 4.78 is 17.2. The fourth-order valence-corrected chi connectivity index (χ4v) is 3.16. The van der Waals surface area contributed by atoms with Crippen LogP contribution in [0.25, 0.3) is 28.1 Å². The first kappa shape index (κ1) is 20.1. The minimum absolute atomic E-state index is 0.214. The van der Waals surface area contributed by atoms with E-state index >= 15 is 0 Å². The molecule has 2 aromatic carbocycles. The lowest BCUT2D eigenvalue weighted by molar-refractivity contribution is 0.0594. The maximum atomic E-state index is 11.7. The minimum Gasteiger partial charge on any atom is -0.497 e. The van der Waals surface area contributed by atoms with E-state index in [1.807, 2.05) is 42.5 Å². The highest BCUT2D eigenvalue weighted by Crippen LogP contribution is 2.33. The Morgan fingerprint density at radius 2 is 1.71 bits per heavy atom. The molecule has 0 aliphatic rings. The van der Waals surface area contributed by atoms with Crippen molar-refractivity contribution in [3.05, 3.63) is 72.7 Å². The summed E-state index contributed by atoms with van der Waals surface area (Å²) in [5.74, 6) is 1.01. The number of nitrogens with zero attached hydrogens (tertiary/aromatic N) is 4. The number of hydrogen-bond donors (Lipinski definition) is 0. The van der Waals surface area contributed by atoms with Crippen LogP contribution in [0.2, 0.25) is 0 Å². The summed E-state index contributed by atoms with van der Waals surface area (Å²) in [5.41, 5.74) is 4.31. The predicted octanol–water partition coefficient (Wildman–Crippen LogP) is 3.80. The summed E-state index contributed by atoms with van der Waals surface area (Å²) in [6.45, 7) is 0. The van der Waals surface area contributed by atoms with Crippen LogP contribution in [-0.2, 0) is 4.74 Å². The number of carbonyl (C=O) groups excluding carboxylic acids is 1. The van der Waals surface area contributed by atoms with Crippen LogP contribution in [0, 0.1) is 0 Å². The topological polar surface area (TPSA) is 88.4 Å². The monoisotopic (exact) mass is 416 g/mol. The Morgan fingerprint density at radius 1 is 0.903 bits per heavy atom. The van der Waals surface area contributed by atoms with Crippen molar-refractivity contribution >= 4 is 5.97 Å². The molecule has 0 fully saturated rings. The molecule has 156 valence electrons. The van der Waals surface area contributed by atoms with Crippen LogP contribution in [0.3, 0.4) is 0 Å². The van der Waals surface area contributed by atoms with Gasteiger partial charge in [-0.3, -0.25) is 0 Å². The zero-order chi connectivity index (χ0) is 21.8. The number of esters is 1. The van der Waals surface area contributed by atoms with Gasteiger partial charge in [0.1, 0.15) is 22.9 Å². The molecule has 0 saturated heterocycles. The zero-order valence-corrected chi connectivity index (χ0v) is 17.3. The van der Waals surface area contributed by atoms with Crippen molar-refractivity contribution in [3.63, 3.8) is 0 Å². The van der Waals surface area contributed by atoms with Gasteiger partial charge in [-0.25, -0.2) is 14.5 Å². The van der Waals surface area contributed by atoms with Crippen LogP contribution in [0.4, 0.5) is 0 Å². The summed E-state index contributed by atoms with van der Waals surface area (Å²) >= 11 is 0. The molecule has 0 N–H and O–H groups in total. The molecule has 0 spiro atoms. The molecule has 8 nitrogen and oxygen atoms in total. The first-order valence-electron chi connectivity index (χ1n) is 9.43. The molecule has 0 aliphatic carbocycles. The Bertz CT molecular complexity index is 1220. The lowest BCUT2D eigenvalue weighted by atomic mass is 10.0. The first-order chi connectivity index (χ1) is 15.1. The zero-order valence-electron chi connectivity index (χ0n) is 17.3. The van der Waals surface area contributed by atoms with Crippen LogP contribution in [-0.4, -0.2) is 47.3 Å². The second kappa shape index (κ2) is 8.66. The van der Waals surface area contributed by atoms with Gasteiger partial charge in [-0.15, -0.1) is 5.10 Å². The summed E-state index contributed by atoms with van der Waals surface area (Å²) in [4.78, 5) is 15.7. The van der Waals surface area contributed by atoms with E-state index in [0.717, 1.165) is 33.9 Å². The molecule has 4 aromatic rings. The molecule has 0 aliphatic heterocycles. The fourth-order valence-electron chi connectivity index (χ4n) is 3.16. The Hall–Kier alpha value is -4.20. The molecular weight excluding hydrogens is 396 g/mol. The average molecular weight is 416 g/mol. The van der Waals surface area contributed by atoms with E-state index in [9.17, 15) is 4.79 Å². The van der Waals surface area contributed by atoms with Crippen LogP contribution >= 0.6 is 0 Å². The summed E-state index contributed by atoms with van der Waals surface area (Å²) in [5, 5.41) is 8.42. The molecule has 0 radical (unpaired) electrons. The quantitative estimate of drug-likeness (QED) is 0.442. The van der Waals surface area contributed by atoms with Crippen molar-refractivity contribution in [2.45, 2.75) is 0 Å². The number of rotatable bonds is 6. The Kier molecular flexibility index (Phi) is 5.61. The molecule has 0 unspecified atom stereocenters. The maximum Gasteiger partial charge on any atom is 0.356 e. The molecule has 2 aromatic heterocycles. The van der Waals surface area contributed by atoms with E-state index in [1.165, 1.54) is 13.3 Å². The molecule has 0 atom stereocenters. The van der Waals surface area contributed by atoms with Crippen molar-refractivity contribution in [2.24, 2.45) is 0 Å². The van der Waals surface area contributed by atoms with E-state index in [2.05, 4.69) is 15.3 Å². The van der Waals surface area contributed by atoms with Crippen LogP contribution in [0.15, 0.2) is 67.0 Å². The highest BCUT2D eigenvalue weighted by molar-refractivity contribution is 5.88. The van der Waals surface area contributed by atoms with Crippen molar-refractivity contribution < 1.29 is 19.0 Å².